The van der Waals surface area contributed by atoms with Crippen molar-refractivity contribution in [1.82, 2.24) is 5.32 Å². The number of carbonyl (C=O) groups excluding carboxylic acids is 1. The third kappa shape index (κ3) is 3.29. The number of amides is 1. The first-order valence-electron chi connectivity index (χ1n) is 5.49. The zero-order chi connectivity index (χ0) is 10.6. The minimum absolute atomic E-state index is 0.171. The van der Waals surface area contributed by atoms with E-state index in [0.717, 1.165) is 26.1 Å². The van der Waals surface area contributed by atoms with Gasteiger partial charge >= 0.3 is 0 Å². The fourth-order valence-corrected chi connectivity index (χ4v) is 1.47. The molecule has 0 spiro atoms. The summed E-state index contributed by atoms with van der Waals surface area (Å²) < 4.78 is 5.22. The Morgan fingerprint density at radius 3 is 2.36 bits per heavy atom. The van der Waals surface area contributed by atoms with Crippen molar-refractivity contribution in [3.05, 3.63) is 0 Å². The summed E-state index contributed by atoms with van der Waals surface area (Å²) in [6.45, 7) is 7.76. The molecule has 3 nitrogen and oxygen atoms in total. The van der Waals surface area contributed by atoms with E-state index in [9.17, 15) is 4.79 Å². The van der Waals surface area contributed by atoms with Crippen molar-refractivity contribution in [2.75, 3.05) is 13.2 Å². The maximum Gasteiger partial charge on any atom is 0.223 e. The van der Waals surface area contributed by atoms with Crippen LogP contribution in [-0.4, -0.2) is 25.2 Å². The van der Waals surface area contributed by atoms with Gasteiger partial charge in [-0.1, -0.05) is 13.8 Å². The molecule has 1 amide bonds. The first-order chi connectivity index (χ1) is 6.61. The molecule has 1 aliphatic rings. The molecule has 3 heteroatoms. The number of carbonyl (C=O) groups is 1. The predicted octanol–water partition coefficient (Wildman–Crippen LogP) is 1.57. The Morgan fingerprint density at radius 2 is 1.86 bits per heavy atom. The highest BCUT2D eigenvalue weighted by Crippen LogP contribution is 2.15. The second kappa shape index (κ2) is 5.35. The first kappa shape index (κ1) is 11.5. The largest absolute Gasteiger partial charge is 0.381 e. The van der Waals surface area contributed by atoms with Crippen LogP contribution in [0.15, 0.2) is 0 Å². The van der Waals surface area contributed by atoms with Crippen LogP contribution in [0.1, 0.15) is 33.6 Å². The van der Waals surface area contributed by atoms with E-state index in [0.29, 0.717) is 5.92 Å². The standard InChI is InChI=1S/C11H21NO2/c1-8(2)9(3)12-11(13)10-4-6-14-7-5-10/h8-10H,4-7H2,1-3H3,(H,12,13)/t9-/m1/s1. The average molecular weight is 199 g/mol. The molecule has 14 heavy (non-hydrogen) atoms. The monoisotopic (exact) mass is 199 g/mol. The lowest BCUT2D eigenvalue weighted by molar-refractivity contribution is -0.128. The molecule has 1 rings (SSSR count). The normalized spacial score (nSPS) is 20.9. The molecular formula is C11H21NO2. The Kier molecular flexibility index (Phi) is 4.39. The highest BCUT2D eigenvalue weighted by molar-refractivity contribution is 5.79. The van der Waals surface area contributed by atoms with Crippen molar-refractivity contribution >= 4 is 5.91 Å². The Bertz CT molecular complexity index is 186. The highest BCUT2D eigenvalue weighted by atomic mass is 16.5. The van der Waals surface area contributed by atoms with Gasteiger partial charge in [-0.15, -0.1) is 0 Å². The van der Waals surface area contributed by atoms with Gasteiger partial charge in [0, 0.05) is 25.2 Å². The molecule has 0 unspecified atom stereocenters. The summed E-state index contributed by atoms with van der Waals surface area (Å²) >= 11 is 0. The second-order valence-corrected chi connectivity index (χ2v) is 4.43. The van der Waals surface area contributed by atoms with E-state index in [1.54, 1.807) is 0 Å². The molecule has 1 atom stereocenters. The van der Waals surface area contributed by atoms with Gasteiger partial charge in [-0.25, -0.2) is 0 Å². The van der Waals surface area contributed by atoms with Gasteiger partial charge in [0.15, 0.2) is 0 Å². The molecule has 0 aromatic heterocycles. The number of nitrogens with one attached hydrogen (secondary N) is 1. The van der Waals surface area contributed by atoms with E-state index in [4.69, 9.17) is 4.74 Å². The van der Waals surface area contributed by atoms with E-state index >= 15 is 0 Å². The number of rotatable bonds is 3. The third-order valence-corrected chi connectivity index (χ3v) is 2.96. The fraction of sp³-hybridized carbons (Fsp3) is 0.909. The zero-order valence-corrected chi connectivity index (χ0v) is 9.38. The summed E-state index contributed by atoms with van der Waals surface area (Å²) in [6.07, 6.45) is 1.74. The van der Waals surface area contributed by atoms with Gasteiger partial charge in [0.1, 0.15) is 0 Å². The van der Waals surface area contributed by atoms with E-state index < -0.39 is 0 Å². The molecule has 0 saturated carbocycles. The Morgan fingerprint density at radius 1 is 1.29 bits per heavy atom. The second-order valence-electron chi connectivity index (χ2n) is 4.43. The maximum atomic E-state index is 11.7. The van der Waals surface area contributed by atoms with Crippen LogP contribution in [-0.2, 0) is 9.53 Å². The quantitative estimate of drug-likeness (QED) is 0.749. The minimum atomic E-state index is 0.171. The molecule has 0 bridgehead atoms. The van der Waals surface area contributed by atoms with Gasteiger partial charge in [-0.05, 0) is 25.7 Å². The van der Waals surface area contributed by atoms with E-state index in [1.165, 1.54) is 0 Å². The molecule has 1 fully saturated rings. The maximum absolute atomic E-state index is 11.7. The van der Waals surface area contributed by atoms with Crippen molar-refractivity contribution in [2.24, 2.45) is 11.8 Å². The van der Waals surface area contributed by atoms with Crippen LogP contribution in [0.2, 0.25) is 0 Å². The van der Waals surface area contributed by atoms with Crippen LogP contribution in [0.5, 0.6) is 0 Å². The van der Waals surface area contributed by atoms with Crippen molar-refractivity contribution < 1.29 is 9.53 Å². The molecule has 1 heterocycles. The number of ether oxygens (including phenoxy) is 1. The molecule has 1 N–H and O–H groups in total. The van der Waals surface area contributed by atoms with Gasteiger partial charge in [0.05, 0.1) is 0 Å². The summed E-state index contributed by atoms with van der Waals surface area (Å²) in [5.41, 5.74) is 0. The van der Waals surface area contributed by atoms with E-state index in [2.05, 4.69) is 26.1 Å². The Balaban J connectivity index is 2.33. The van der Waals surface area contributed by atoms with E-state index in [1.807, 2.05) is 0 Å². The van der Waals surface area contributed by atoms with Gasteiger partial charge in [-0.2, -0.15) is 0 Å². The summed E-state index contributed by atoms with van der Waals surface area (Å²) in [7, 11) is 0. The molecule has 0 aromatic rings. The molecular weight excluding hydrogens is 178 g/mol. The number of hydrogen-bond donors (Lipinski definition) is 1. The van der Waals surface area contributed by atoms with Crippen LogP contribution in [0.3, 0.4) is 0 Å². The average Bonchev–Trinajstić information content (AvgIpc) is 2.19. The van der Waals surface area contributed by atoms with Crippen LogP contribution < -0.4 is 5.32 Å². The van der Waals surface area contributed by atoms with Crippen molar-refractivity contribution in [1.29, 1.82) is 0 Å². The lowest BCUT2D eigenvalue weighted by Crippen LogP contribution is -2.41. The number of hydrogen-bond acceptors (Lipinski definition) is 2. The fourth-order valence-electron chi connectivity index (χ4n) is 1.47. The van der Waals surface area contributed by atoms with E-state index in [-0.39, 0.29) is 17.9 Å². The summed E-state index contributed by atoms with van der Waals surface area (Å²) in [4.78, 5) is 11.7. The summed E-state index contributed by atoms with van der Waals surface area (Å²) in [5.74, 6) is 0.873. The SMILES string of the molecule is CC(C)[C@@H](C)NC(=O)C1CCOCC1. The molecule has 0 aromatic carbocycles. The summed E-state index contributed by atoms with van der Waals surface area (Å²) in [5, 5.41) is 3.05. The topological polar surface area (TPSA) is 38.3 Å². The lowest BCUT2D eigenvalue weighted by atomic mass is 9.98. The lowest BCUT2D eigenvalue weighted by Gasteiger charge is -2.24. The smallest absolute Gasteiger partial charge is 0.223 e. The van der Waals surface area contributed by atoms with Crippen LogP contribution in [0.4, 0.5) is 0 Å². The van der Waals surface area contributed by atoms with Crippen LogP contribution >= 0.6 is 0 Å². The van der Waals surface area contributed by atoms with Gasteiger partial charge in [0.2, 0.25) is 5.91 Å². The predicted molar refractivity (Wildman–Crippen MR) is 56.0 cm³/mol. The Hall–Kier alpha value is -0.570. The van der Waals surface area contributed by atoms with Gasteiger partial charge < -0.3 is 10.1 Å². The van der Waals surface area contributed by atoms with Crippen molar-refractivity contribution in [2.45, 2.75) is 39.7 Å². The van der Waals surface area contributed by atoms with Gasteiger partial charge in [-0.3, -0.25) is 4.79 Å². The van der Waals surface area contributed by atoms with Crippen molar-refractivity contribution in [3.63, 3.8) is 0 Å². The highest BCUT2D eigenvalue weighted by Gasteiger charge is 2.23. The summed E-state index contributed by atoms with van der Waals surface area (Å²) in [6, 6.07) is 0.269. The molecule has 0 radical (unpaired) electrons. The van der Waals surface area contributed by atoms with Gasteiger partial charge in [0.25, 0.3) is 0 Å². The minimum Gasteiger partial charge on any atom is -0.381 e. The Labute approximate surface area is 86.2 Å². The zero-order valence-electron chi connectivity index (χ0n) is 9.38. The van der Waals surface area contributed by atoms with Crippen LogP contribution in [0, 0.1) is 11.8 Å². The molecule has 1 saturated heterocycles. The first-order valence-corrected chi connectivity index (χ1v) is 5.49. The molecule has 0 aliphatic carbocycles. The molecule has 82 valence electrons. The molecule has 1 aliphatic heterocycles. The van der Waals surface area contributed by atoms with Crippen molar-refractivity contribution in [3.8, 4) is 0 Å². The third-order valence-electron chi connectivity index (χ3n) is 2.96. The van der Waals surface area contributed by atoms with Crippen LogP contribution in [0.25, 0.3) is 0 Å².